The van der Waals surface area contributed by atoms with Crippen LogP contribution in [-0.4, -0.2) is 24.8 Å². The Kier molecular flexibility index (Phi) is 3.61. The van der Waals surface area contributed by atoms with Crippen molar-refractivity contribution in [2.24, 2.45) is 11.3 Å². The van der Waals surface area contributed by atoms with Gasteiger partial charge >= 0.3 is 0 Å². The predicted octanol–water partition coefficient (Wildman–Crippen LogP) is 3.01. The van der Waals surface area contributed by atoms with Gasteiger partial charge in [-0.25, -0.2) is 0 Å². The minimum absolute atomic E-state index is 0.167. The number of hydrogen-bond donors (Lipinski definition) is 0. The van der Waals surface area contributed by atoms with E-state index in [1.165, 1.54) is 11.3 Å². The van der Waals surface area contributed by atoms with Crippen LogP contribution >= 0.6 is 0 Å². The SMILES string of the molecule is CC(=O)CC1=C(N(C)C)C(C)C(C)(C)C=C1. The maximum atomic E-state index is 11.3. The van der Waals surface area contributed by atoms with E-state index in [0.717, 1.165) is 0 Å². The summed E-state index contributed by atoms with van der Waals surface area (Å²) in [6.07, 6.45) is 4.89. The molecule has 0 aromatic rings. The summed E-state index contributed by atoms with van der Waals surface area (Å²) in [6.45, 7) is 8.36. The first-order chi connectivity index (χ1) is 7.25. The molecule has 0 saturated heterocycles. The highest BCUT2D eigenvalue weighted by Crippen LogP contribution is 2.40. The van der Waals surface area contributed by atoms with Gasteiger partial charge in [0.15, 0.2) is 0 Å². The lowest BCUT2D eigenvalue weighted by atomic mass is 9.72. The Morgan fingerprint density at radius 1 is 1.44 bits per heavy atom. The molecular weight excluding hydrogens is 198 g/mol. The van der Waals surface area contributed by atoms with E-state index in [1.807, 2.05) is 0 Å². The number of nitrogens with zero attached hydrogens (tertiary/aromatic N) is 1. The molecule has 0 amide bonds. The zero-order valence-electron chi connectivity index (χ0n) is 11.3. The van der Waals surface area contributed by atoms with Crippen LogP contribution in [0.1, 0.15) is 34.1 Å². The molecule has 0 radical (unpaired) electrons. The van der Waals surface area contributed by atoms with Gasteiger partial charge in [0, 0.05) is 32.1 Å². The Morgan fingerprint density at radius 2 is 2.00 bits per heavy atom. The molecule has 1 atom stereocenters. The number of rotatable bonds is 3. The fourth-order valence-electron chi connectivity index (χ4n) is 2.27. The third kappa shape index (κ3) is 2.55. The Balaban J connectivity index is 3.14. The van der Waals surface area contributed by atoms with E-state index in [1.54, 1.807) is 6.92 Å². The molecule has 0 fully saturated rings. The third-order valence-electron chi connectivity index (χ3n) is 3.49. The van der Waals surface area contributed by atoms with Crippen molar-refractivity contribution < 1.29 is 4.79 Å². The molecule has 0 aliphatic heterocycles. The molecule has 0 aromatic heterocycles. The maximum Gasteiger partial charge on any atom is 0.134 e. The standard InChI is InChI=1S/C14H23NO/c1-10(16)9-12-7-8-14(3,4)11(2)13(12)15(5)6/h7-8,11H,9H2,1-6H3. The molecule has 1 aliphatic rings. The second-order valence-electron chi connectivity index (χ2n) is 5.56. The van der Waals surface area contributed by atoms with Crippen LogP contribution in [0.5, 0.6) is 0 Å². The summed E-state index contributed by atoms with van der Waals surface area (Å²) in [7, 11) is 4.11. The average Bonchev–Trinajstić information content (AvgIpc) is 2.11. The lowest BCUT2D eigenvalue weighted by Gasteiger charge is -2.38. The summed E-state index contributed by atoms with van der Waals surface area (Å²) in [4.78, 5) is 13.4. The van der Waals surface area contributed by atoms with Crippen LogP contribution in [0.3, 0.4) is 0 Å². The smallest absolute Gasteiger partial charge is 0.134 e. The highest BCUT2D eigenvalue weighted by atomic mass is 16.1. The normalized spacial score (nSPS) is 23.5. The fourth-order valence-corrected chi connectivity index (χ4v) is 2.27. The first kappa shape index (κ1) is 13.0. The average molecular weight is 221 g/mol. The molecule has 0 aromatic carbocycles. The van der Waals surface area contributed by atoms with Gasteiger partial charge in [0.05, 0.1) is 0 Å². The molecule has 1 unspecified atom stereocenters. The summed E-state index contributed by atoms with van der Waals surface area (Å²) in [6, 6.07) is 0. The van der Waals surface area contributed by atoms with Crippen LogP contribution in [0.4, 0.5) is 0 Å². The molecule has 1 aliphatic carbocycles. The monoisotopic (exact) mass is 221 g/mol. The third-order valence-corrected chi connectivity index (χ3v) is 3.49. The van der Waals surface area contributed by atoms with Crippen molar-refractivity contribution in [3.8, 4) is 0 Å². The number of allylic oxidation sites excluding steroid dienone is 4. The van der Waals surface area contributed by atoms with Gasteiger partial charge in [-0.05, 0) is 17.9 Å². The van der Waals surface area contributed by atoms with Crippen molar-refractivity contribution in [2.45, 2.75) is 34.1 Å². The first-order valence-electron chi connectivity index (χ1n) is 5.84. The highest BCUT2D eigenvalue weighted by Gasteiger charge is 2.32. The molecule has 90 valence electrons. The van der Waals surface area contributed by atoms with Crippen LogP contribution in [0.25, 0.3) is 0 Å². The second-order valence-corrected chi connectivity index (χ2v) is 5.56. The summed E-state index contributed by atoms with van der Waals surface area (Å²) in [5.74, 6) is 0.674. The molecule has 1 rings (SSSR count). The molecule has 0 spiro atoms. The van der Waals surface area contributed by atoms with Crippen molar-refractivity contribution in [1.82, 2.24) is 4.90 Å². The van der Waals surface area contributed by atoms with Gasteiger partial charge in [-0.2, -0.15) is 0 Å². The molecular formula is C14H23NO. The van der Waals surface area contributed by atoms with E-state index in [2.05, 4.69) is 51.9 Å². The number of hydrogen-bond acceptors (Lipinski definition) is 2. The largest absolute Gasteiger partial charge is 0.380 e. The molecule has 0 heterocycles. The highest BCUT2D eigenvalue weighted by molar-refractivity contribution is 5.79. The van der Waals surface area contributed by atoms with Gasteiger partial charge in [-0.1, -0.05) is 32.9 Å². The van der Waals surface area contributed by atoms with Crippen LogP contribution in [0, 0.1) is 11.3 Å². The molecule has 0 N–H and O–H groups in total. The van der Waals surface area contributed by atoms with Gasteiger partial charge in [0.25, 0.3) is 0 Å². The van der Waals surface area contributed by atoms with Crippen molar-refractivity contribution in [3.63, 3.8) is 0 Å². The number of carbonyl (C=O) groups is 1. The van der Waals surface area contributed by atoms with Gasteiger partial charge in [-0.3, -0.25) is 4.79 Å². The minimum atomic E-state index is 0.167. The zero-order chi connectivity index (χ0) is 12.5. The Labute approximate surface area is 99.0 Å². The number of carbonyl (C=O) groups excluding carboxylic acids is 1. The Morgan fingerprint density at radius 3 is 2.44 bits per heavy atom. The number of Topliss-reactive ketones (excluding diaryl/α,β-unsaturated/α-hetero) is 1. The van der Waals surface area contributed by atoms with Gasteiger partial charge in [0.2, 0.25) is 0 Å². The molecule has 0 saturated carbocycles. The first-order valence-corrected chi connectivity index (χ1v) is 5.84. The van der Waals surface area contributed by atoms with E-state index in [4.69, 9.17) is 0 Å². The van der Waals surface area contributed by atoms with E-state index in [9.17, 15) is 4.79 Å². The summed E-state index contributed by atoms with van der Waals surface area (Å²) in [5, 5.41) is 0. The fraction of sp³-hybridized carbons (Fsp3) is 0.643. The van der Waals surface area contributed by atoms with E-state index >= 15 is 0 Å². The van der Waals surface area contributed by atoms with Crippen molar-refractivity contribution >= 4 is 5.78 Å². The van der Waals surface area contributed by atoms with Crippen molar-refractivity contribution in [1.29, 1.82) is 0 Å². The summed E-state index contributed by atoms with van der Waals surface area (Å²) >= 11 is 0. The number of ketones is 1. The maximum absolute atomic E-state index is 11.3. The lowest BCUT2D eigenvalue weighted by Crippen LogP contribution is -2.31. The van der Waals surface area contributed by atoms with Gasteiger partial charge in [-0.15, -0.1) is 0 Å². The minimum Gasteiger partial charge on any atom is -0.380 e. The van der Waals surface area contributed by atoms with E-state index in [-0.39, 0.29) is 11.2 Å². The van der Waals surface area contributed by atoms with Gasteiger partial charge in [0.1, 0.15) is 5.78 Å². The van der Waals surface area contributed by atoms with E-state index < -0.39 is 0 Å². The predicted molar refractivity (Wildman–Crippen MR) is 68.1 cm³/mol. The van der Waals surface area contributed by atoms with Crippen LogP contribution in [-0.2, 0) is 4.79 Å². The van der Waals surface area contributed by atoms with Crippen LogP contribution in [0.2, 0.25) is 0 Å². The summed E-state index contributed by atoms with van der Waals surface area (Å²) in [5.41, 5.74) is 2.63. The Bertz CT molecular complexity index is 348. The van der Waals surface area contributed by atoms with Crippen molar-refractivity contribution in [3.05, 3.63) is 23.4 Å². The van der Waals surface area contributed by atoms with Crippen LogP contribution < -0.4 is 0 Å². The van der Waals surface area contributed by atoms with E-state index in [0.29, 0.717) is 12.3 Å². The quantitative estimate of drug-likeness (QED) is 0.730. The lowest BCUT2D eigenvalue weighted by molar-refractivity contribution is -0.116. The Hall–Kier alpha value is -1.05. The van der Waals surface area contributed by atoms with Crippen molar-refractivity contribution in [2.75, 3.05) is 14.1 Å². The van der Waals surface area contributed by atoms with Crippen LogP contribution in [0.15, 0.2) is 23.4 Å². The molecule has 16 heavy (non-hydrogen) atoms. The zero-order valence-corrected chi connectivity index (χ0v) is 11.3. The molecule has 2 heteroatoms. The molecule has 2 nitrogen and oxygen atoms in total. The molecule has 0 bridgehead atoms. The second kappa shape index (κ2) is 4.44. The topological polar surface area (TPSA) is 20.3 Å². The summed E-state index contributed by atoms with van der Waals surface area (Å²) < 4.78 is 0. The van der Waals surface area contributed by atoms with Gasteiger partial charge < -0.3 is 4.90 Å².